The molecule has 3 aliphatic heterocycles. The first kappa shape index (κ1) is 21.7. The number of thioether (sulfide) groups is 1. The van der Waals surface area contributed by atoms with Crippen molar-refractivity contribution in [2.75, 3.05) is 36.9 Å². The highest BCUT2D eigenvalue weighted by Gasteiger charge is 2.64. The van der Waals surface area contributed by atoms with Gasteiger partial charge in [0.15, 0.2) is 0 Å². The largest absolute Gasteiger partial charge is 0.497 e. The Hall–Kier alpha value is -3.13. The number of methoxy groups -OCH3 is 3. The third-order valence-corrected chi connectivity index (χ3v) is 7.92. The number of hydrogen-bond donors (Lipinski definition) is 0. The Morgan fingerprint density at radius 2 is 1.48 bits per heavy atom. The molecule has 8 heteroatoms. The summed E-state index contributed by atoms with van der Waals surface area (Å²) in [4.78, 5) is 29.9. The van der Waals surface area contributed by atoms with E-state index in [-0.39, 0.29) is 17.6 Å². The van der Waals surface area contributed by atoms with Crippen molar-refractivity contribution in [3.63, 3.8) is 0 Å². The van der Waals surface area contributed by atoms with Crippen LogP contribution in [0.15, 0.2) is 36.4 Å². The van der Waals surface area contributed by atoms with Crippen molar-refractivity contribution < 1.29 is 23.8 Å². The van der Waals surface area contributed by atoms with Gasteiger partial charge in [-0.05, 0) is 38.5 Å². The van der Waals surface area contributed by atoms with E-state index in [9.17, 15) is 9.59 Å². The second kappa shape index (κ2) is 7.18. The Bertz CT molecular complexity index is 1220. The molecule has 3 heterocycles. The molecule has 3 aliphatic rings. The van der Waals surface area contributed by atoms with E-state index in [0.717, 1.165) is 22.4 Å². The van der Waals surface area contributed by atoms with Crippen molar-refractivity contribution in [2.24, 2.45) is 0 Å². The molecule has 0 saturated carbocycles. The molecule has 1 saturated heterocycles. The van der Waals surface area contributed by atoms with E-state index in [1.54, 1.807) is 44.4 Å². The molecule has 2 aromatic carbocycles. The molecule has 0 aliphatic carbocycles. The fourth-order valence-corrected chi connectivity index (χ4v) is 6.51. The molecule has 0 aromatic heterocycles. The Morgan fingerprint density at radius 1 is 0.879 bits per heavy atom. The molecule has 172 valence electrons. The predicted octanol–water partition coefficient (Wildman–Crippen LogP) is 4.19. The van der Waals surface area contributed by atoms with Gasteiger partial charge in [0.25, 0.3) is 5.91 Å². The zero-order chi connectivity index (χ0) is 23.7. The molecule has 0 N–H and O–H groups in total. The van der Waals surface area contributed by atoms with Crippen LogP contribution in [0.25, 0.3) is 5.57 Å². The van der Waals surface area contributed by atoms with Crippen molar-refractivity contribution in [1.82, 2.24) is 0 Å². The molecule has 0 unspecified atom stereocenters. The van der Waals surface area contributed by atoms with Gasteiger partial charge in [-0.25, -0.2) is 0 Å². The lowest BCUT2D eigenvalue weighted by Gasteiger charge is -2.40. The molecule has 2 aromatic rings. The van der Waals surface area contributed by atoms with Crippen LogP contribution in [0.1, 0.15) is 31.9 Å². The van der Waals surface area contributed by atoms with Gasteiger partial charge in [0.1, 0.15) is 17.2 Å². The van der Waals surface area contributed by atoms with E-state index in [1.807, 2.05) is 37.8 Å². The van der Waals surface area contributed by atoms with Gasteiger partial charge in [-0.3, -0.25) is 19.4 Å². The predicted molar refractivity (Wildman–Crippen MR) is 129 cm³/mol. The Morgan fingerprint density at radius 3 is 2.09 bits per heavy atom. The fraction of sp³-hybridized carbons (Fsp3) is 0.360. The van der Waals surface area contributed by atoms with Gasteiger partial charge in [0.2, 0.25) is 10.8 Å². The minimum Gasteiger partial charge on any atom is -0.497 e. The highest BCUT2D eigenvalue weighted by molar-refractivity contribution is 8.02. The van der Waals surface area contributed by atoms with Crippen LogP contribution >= 0.6 is 11.8 Å². The highest BCUT2D eigenvalue weighted by Crippen LogP contribution is 2.61. The molecule has 1 spiro atoms. The summed E-state index contributed by atoms with van der Waals surface area (Å²) in [6.07, 6.45) is 2.09. The van der Waals surface area contributed by atoms with E-state index in [4.69, 9.17) is 14.2 Å². The number of hydrogen-bond acceptors (Lipinski definition) is 6. The van der Waals surface area contributed by atoms with Crippen molar-refractivity contribution in [3.8, 4) is 17.2 Å². The van der Waals surface area contributed by atoms with Gasteiger partial charge in [-0.1, -0.05) is 6.08 Å². The van der Waals surface area contributed by atoms with Crippen molar-refractivity contribution in [3.05, 3.63) is 47.5 Å². The maximum absolute atomic E-state index is 14.3. The van der Waals surface area contributed by atoms with Crippen LogP contribution in [0.4, 0.5) is 11.4 Å². The maximum atomic E-state index is 14.3. The van der Waals surface area contributed by atoms with E-state index in [2.05, 4.69) is 6.08 Å². The van der Waals surface area contributed by atoms with Crippen molar-refractivity contribution >= 4 is 40.5 Å². The van der Waals surface area contributed by atoms with Gasteiger partial charge in [0.05, 0.1) is 44.0 Å². The number of anilines is 2. The third-order valence-electron chi connectivity index (χ3n) is 6.53. The second-order valence-corrected chi connectivity index (χ2v) is 10.1. The van der Waals surface area contributed by atoms with E-state index < -0.39 is 10.4 Å². The number of amides is 2. The zero-order valence-electron chi connectivity index (χ0n) is 19.5. The SMILES string of the molecule is COc1cc(OC)cc(N2C(=O)CS[C@]23C(=O)N2c4c(cc(OC)cc43)C(C)=CC2(C)C)c1. The summed E-state index contributed by atoms with van der Waals surface area (Å²) in [6.45, 7) is 6.08. The quantitative estimate of drug-likeness (QED) is 0.673. The van der Waals surface area contributed by atoms with Crippen LogP contribution in [-0.4, -0.2) is 44.4 Å². The van der Waals surface area contributed by atoms with Gasteiger partial charge in [-0.2, -0.15) is 0 Å². The number of fused-ring (bicyclic) bond motifs is 1. The summed E-state index contributed by atoms with van der Waals surface area (Å²) >= 11 is 1.34. The molecular weight excluding hydrogens is 440 g/mol. The first-order valence-corrected chi connectivity index (χ1v) is 11.6. The fourth-order valence-electron chi connectivity index (χ4n) is 5.19. The number of allylic oxidation sites excluding steroid dienone is 1. The number of rotatable bonds is 4. The van der Waals surface area contributed by atoms with E-state index in [0.29, 0.717) is 22.9 Å². The normalized spacial score (nSPS) is 22.5. The van der Waals surface area contributed by atoms with E-state index >= 15 is 0 Å². The molecule has 1 fully saturated rings. The lowest BCUT2D eigenvalue weighted by Crippen LogP contribution is -2.54. The lowest BCUT2D eigenvalue weighted by molar-refractivity contribution is -0.124. The minimum absolute atomic E-state index is 0.140. The molecule has 5 rings (SSSR count). The molecule has 2 amide bonds. The zero-order valence-corrected chi connectivity index (χ0v) is 20.3. The molecule has 0 radical (unpaired) electrons. The standard InChI is InChI=1S/C25H26N2O5S/c1-14-12-24(2,3)27-22-19(14)10-18(32-6)11-20(22)25(23(27)29)26(21(28)13-33-25)15-7-16(30-4)9-17(8-15)31-5/h7-12H,13H2,1-6H3/t25-/m1/s1. The Labute approximate surface area is 197 Å². The average molecular weight is 467 g/mol. The number of benzene rings is 2. The topological polar surface area (TPSA) is 68.3 Å². The van der Waals surface area contributed by atoms with Crippen LogP contribution in [0.2, 0.25) is 0 Å². The monoisotopic (exact) mass is 466 g/mol. The summed E-state index contributed by atoms with van der Waals surface area (Å²) in [6, 6.07) is 9.12. The van der Waals surface area contributed by atoms with Gasteiger partial charge < -0.3 is 14.2 Å². The van der Waals surface area contributed by atoms with Crippen LogP contribution in [0.5, 0.6) is 17.2 Å². The van der Waals surface area contributed by atoms with Crippen LogP contribution < -0.4 is 24.0 Å². The first-order valence-electron chi connectivity index (χ1n) is 10.6. The van der Waals surface area contributed by atoms with Crippen LogP contribution in [0.3, 0.4) is 0 Å². The third kappa shape index (κ3) is 2.83. The Balaban J connectivity index is 1.82. The van der Waals surface area contributed by atoms with Crippen molar-refractivity contribution in [1.29, 1.82) is 0 Å². The lowest BCUT2D eigenvalue weighted by atomic mass is 9.89. The molecule has 33 heavy (non-hydrogen) atoms. The van der Waals surface area contributed by atoms with Gasteiger partial charge >= 0.3 is 0 Å². The number of carbonyl (C=O) groups excluding carboxylic acids is 2. The summed E-state index contributed by atoms with van der Waals surface area (Å²) in [5, 5.41) is 0. The first-order chi connectivity index (χ1) is 15.7. The summed E-state index contributed by atoms with van der Waals surface area (Å²) in [5.74, 6) is 1.62. The summed E-state index contributed by atoms with van der Waals surface area (Å²) in [7, 11) is 4.73. The van der Waals surface area contributed by atoms with Gasteiger partial charge in [-0.15, -0.1) is 11.8 Å². The number of nitrogens with zero attached hydrogens (tertiary/aromatic N) is 2. The summed E-state index contributed by atoms with van der Waals surface area (Å²) < 4.78 is 16.5. The Kier molecular flexibility index (Phi) is 4.72. The maximum Gasteiger partial charge on any atom is 0.269 e. The molecule has 0 bridgehead atoms. The highest BCUT2D eigenvalue weighted by atomic mass is 32.2. The second-order valence-electron chi connectivity index (χ2n) is 8.93. The average Bonchev–Trinajstić information content (AvgIpc) is 3.27. The van der Waals surface area contributed by atoms with Crippen LogP contribution in [0, 0.1) is 0 Å². The summed E-state index contributed by atoms with van der Waals surface area (Å²) in [5.41, 5.74) is 3.61. The number of carbonyl (C=O) groups is 2. The minimum atomic E-state index is -1.25. The van der Waals surface area contributed by atoms with Crippen LogP contribution in [-0.2, 0) is 14.5 Å². The van der Waals surface area contributed by atoms with E-state index in [1.165, 1.54) is 11.8 Å². The van der Waals surface area contributed by atoms with Crippen molar-refractivity contribution in [2.45, 2.75) is 31.2 Å². The molecule has 7 nitrogen and oxygen atoms in total. The van der Waals surface area contributed by atoms with Gasteiger partial charge in [0, 0.05) is 29.3 Å². The number of ether oxygens (including phenoxy) is 3. The molecular formula is C25H26N2O5S. The molecule has 1 atom stereocenters. The smallest absolute Gasteiger partial charge is 0.269 e.